The second kappa shape index (κ2) is 7.15. The normalized spacial score (nSPS) is 14.6. The standard InChI is InChI=1S/C16H16Cl2N4O/c17-11-4-5-14(22-6-2-1-3-7-22)13(8-11)21-16(23)15-12(18)9-19-10-20-15/h4-5,8-10H,1-3,6-7H2,(H,21,23). The summed E-state index contributed by atoms with van der Waals surface area (Å²) in [5.41, 5.74) is 1.78. The fraction of sp³-hybridized carbons (Fsp3) is 0.312. The molecule has 0 bridgehead atoms. The molecule has 1 amide bonds. The van der Waals surface area contributed by atoms with Crippen LogP contribution in [0.4, 0.5) is 11.4 Å². The monoisotopic (exact) mass is 350 g/mol. The third-order valence-corrected chi connectivity index (χ3v) is 4.30. The highest BCUT2D eigenvalue weighted by molar-refractivity contribution is 6.34. The highest BCUT2D eigenvalue weighted by Crippen LogP contribution is 2.31. The van der Waals surface area contributed by atoms with Crippen LogP contribution in [0.25, 0.3) is 0 Å². The number of amides is 1. The van der Waals surface area contributed by atoms with Gasteiger partial charge in [-0.1, -0.05) is 23.2 Å². The highest BCUT2D eigenvalue weighted by atomic mass is 35.5. The van der Waals surface area contributed by atoms with Gasteiger partial charge in [-0.05, 0) is 37.5 Å². The van der Waals surface area contributed by atoms with Crippen molar-refractivity contribution in [1.82, 2.24) is 9.97 Å². The predicted molar refractivity (Wildman–Crippen MR) is 92.5 cm³/mol. The number of nitrogens with one attached hydrogen (secondary N) is 1. The summed E-state index contributed by atoms with van der Waals surface area (Å²) in [6.07, 6.45) is 6.22. The molecule has 1 aromatic heterocycles. The first-order valence-electron chi connectivity index (χ1n) is 7.46. The minimum absolute atomic E-state index is 0.145. The molecular formula is C16H16Cl2N4O. The second-order valence-electron chi connectivity index (χ2n) is 5.38. The van der Waals surface area contributed by atoms with Crippen molar-refractivity contribution in [2.75, 3.05) is 23.3 Å². The zero-order valence-electron chi connectivity index (χ0n) is 12.4. The Morgan fingerprint density at radius 3 is 2.70 bits per heavy atom. The lowest BCUT2D eigenvalue weighted by atomic mass is 10.1. The number of hydrogen-bond acceptors (Lipinski definition) is 4. The molecule has 7 heteroatoms. The van der Waals surface area contributed by atoms with Gasteiger partial charge in [-0.2, -0.15) is 0 Å². The van der Waals surface area contributed by atoms with Crippen LogP contribution in [-0.2, 0) is 0 Å². The van der Waals surface area contributed by atoms with E-state index in [9.17, 15) is 4.79 Å². The average Bonchev–Trinajstić information content (AvgIpc) is 2.56. The highest BCUT2D eigenvalue weighted by Gasteiger charge is 2.18. The molecule has 1 N–H and O–H groups in total. The molecule has 23 heavy (non-hydrogen) atoms. The van der Waals surface area contributed by atoms with Crippen molar-refractivity contribution in [3.05, 3.63) is 46.5 Å². The number of aromatic nitrogens is 2. The van der Waals surface area contributed by atoms with Crippen molar-refractivity contribution in [1.29, 1.82) is 0 Å². The first-order chi connectivity index (χ1) is 11.1. The Kier molecular flexibility index (Phi) is 4.98. The van der Waals surface area contributed by atoms with Crippen LogP contribution in [0, 0.1) is 0 Å². The summed E-state index contributed by atoms with van der Waals surface area (Å²) in [5.74, 6) is -0.377. The molecule has 0 aliphatic carbocycles. The zero-order valence-corrected chi connectivity index (χ0v) is 13.9. The van der Waals surface area contributed by atoms with Crippen molar-refractivity contribution in [3.63, 3.8) is 0 Å². The maximum absolute atomic E-state index is 12.4. The molecule has 3 rings (SSSR count). The van der Waals surface area contributed by atoms with Crippen LogP contribution >= 0.6 is 23.2 Å². The van der Waals surface area contributed by atoms with E-state index in [1.807, 2.05) is 12.1 Å². The molecule has 0 unspecified atom stereocenters. The number of rotatable bonds is 3. The van der Waals surface area contributed by atoms with E-state index in [-0.39, 0.29) is 16.6 Å². The molecule has 5 nitrogen and oxygen atoms in total. The fourth-order valence-corrected chi connectivity index (χ4v) is 3.04. The Hall–Kier alpha value is -1.85. The van der Waals surface area contributed by atoms with Crippen LogP contribution in [-0.4, -0.2) is 29.0 Å². The van der Waals surface area contributed by atoms with Crippen LogP contribution in [0.2, 0.25) is 10.0 Å². The molecule has 0 atom stereocenters. The Balaban J connectivity index is 1.88. The fourth-order valence-electron chi connectivity index (χ4n) is 2.68. The molecule has 1 fully saturated rings. The first kappa shape index (κ1) is 16.0. The summed E-state index contributed by atoms with van der Waals surface area (Å²) in [4.78, 5) is 22.4. The summed E-state index contributed by atoms with van der Waals surface area (Å²) in [7, 11) is 0. The van der Waals surface area contributed by atoms with Crippen LogP contribution < -0.4 is 10.2 Å². The van der Waals surface area contributed by atoms with Gasteiger partial charge in [-0.3, -0.25) is 4.79 Å². The lowest BCUT2D eigenvalue weighted by Crippen LogP contribution is -2.30. The lowest BCUT2D eigenvalue weighted by Gasteiger charge is -2.30. The van der Waals surface area contributed by atoms with Gasteiger partial charge in [0.2, 0.25) is 0 Å². The molecule has 2 aromatic rings. The van der Waals surface area contributed by atoms with Crippen LogP contribution in [0.1, 0.15) is 29.8 Å². The van der Waals surface area contributed by atoms with E-state index in [0.717, 1.165) is 31.6 Å². The largest absolute Gasteiger partial charge is 0.370 e. The number of anilines is 2. The van der Waals surface area contributed by atoms with E-state index in [1.54, 1.807) is 6.07 Å². The Bertz CT molecular complexity index is 717. The van der Waals surface area contributed by atoms with Crippen molar-refractivity contribution >= 4 is 40.5 Å². The van der Waals surface area contributed by atoms with Crippen LogP contribution in [0.5, 0.6) is 0 Å². The molecule has 0 radical (unpaired) electrons. The van der Waals surface area contributed by atoms with Gasteiger partial charge in [-0.25, -0.2) is 9.97 Å². The molecule has 1 aromatic carbocycles. The molecule has 1 aliphatic rings. The van der Waals surface area contributed by atoms with E-state index in [0.29, 0.717) is 10.7 Å². The number of piperidine rings is 1. The number of carbonyl (C=O) groups is 1. The summed E-state index contributed by atoms with van der Waals surface area (Å²) < 4.78 is 0. The lowest BCUT2D eigenvalue weighted by molar-refractivity contribution is 0.102. The Morgan fingerprint density at radius 2 is 1.96 bits per heavy atom. The number of halogens is 2. The minimum Gasteiger partial charge on any atom is -0.370 e. The van der Waals surface area contributed by atoms with Gasteiger partial charge in [0.15, 0.2) is 0 Å². The molecule has 2 heterocycles. The van der Waals surface area contributed by atoms with Gasteiger partial charge in [0.05, 0.1) is 16.4 Å². The summed E-state index contributed by atoms with van der Waals surface area (Å²) in [5, 5.41) is 3.65. The molecule has 1 saturated heterocycles. The van der Waals surface area contributed by atoms with Gasteiger partial charge in [0.1, 0.15) is 12.0 Å². The predicted octanol–water partition coefficient (Wildman–Crippen LogP) is 4.03. The van der Waals surface area contributed by atoms with Gasteiger partial charge in [0.25, 0.3) is 5.91 Å². The summed E-state index contributed by atoms with van der Waals surface area (Å²) in [6, 6.07) is 5.52. The quantitative estimate of drug-likeness (QED) is 0.907. The van der Waals surface area contributed by atoms with Crippen LogP contribution in [0.3, 0.4) is 0 Å². The Morgan fingerprint density at radius 1 is 1.17 bits per heavy atom. The zero-order chi connectivity index (χ0) is 16.2. The van der Waals surface area contributed by atoms with E-state index >= 15 is 0 Å². The third kappa shape index (κ3) is 3.74. The molecule has 1 aliphatic heterocycles. The second-order valence-corrected chi connectivity index (χ2v) is 6.23. The molecular weight excluding hydrogens is 335 g/mol. The summed E-state index contributed by atoms with van der Waals surface area (Å²) in [6.45, 7) is 1.94. The summed E-state index contributed by atoms with van der Waals surface area (Å²) >= 11 is 12.1. The van der Waals surface area contributed by atoms with Gasteiger partial charge in [-0.15, -0.1) is 0 Å². The third-order valence-electron chi connectivity index (χ3n) is 3.79. The maximum Gasteiger partial charge on any atom is 0.275 e. The minimum atomic E-state index is -0.377. The van der Waals surface area contributed by atoms with Crippen molar-refractivity contribution in [2.45, 2.75) is 19.3 Å². The number of carbonyl (C=O) groups excluding carboxylic acids is 1. The van der Waals surface area contributed by atoms with E-state index in [2.05, 4.69) is 20.2 Å². The van der Waals surface area contributed by atoms with E-state index in [4.69, 9.17) is 23.2 Å². The smallest absolute Gasteiger partial charge is 0.275 e. The van der Waals surface area contributed by atoms with Gasteiger partial charge < -0.3 is 10.2 Å². The molecule has 0 saturated carbocycles. The van der Waals surface area contributed by atoms with E-state index in [1.165, 1.54) is 18.9 Å². The van der Waals surface area contributed by atoms with Crippen LogP contribution in [0.15, 0.2) is 30.7 Å². The van der Waals surface area contributed by atoms with Crippen molar-refractivity contribution in [3.8, 4) is 0 Å². The SMILES string of the molecule is O=C(Nc1cc(Cl)ccc1N1CCCCC1)c1ncncc1Cl. The van der Waals surface area contributed by atoms with Gasteiger partial charge in [0, 0.05) is 24.3 Å². The Labute approximate surface area is 144 Å². The maximum atomic E-state index is 12.4. The molecule has 120 valence electrons. The topological polar surface area (TPSA) is 58.1 Å². The van der Waals surface area contributed by atoms with Crippen molar-refractivity contribution in [2.24, 2.45) is 0 Å². The number of nitrogens with zero attached hydrogens (tertiary/aromatic N) is 3. The number of hydrogen-bond donors (Lipinski definition) is 1. The van der Waals surface area contributed by atoms with E-state index < -0.39 is 0 Å². The average molecular weight is 351 g/mol. The van der Waals surface area contributed by atoms with Gasteiger partial charge >= 0.3 is 0 Å². The molecule has 0 spiro atoms. The number of benzene rings is 1. The first-order valence-corrected chi connectivity index (χ1v) is 8.22. The van der Waals surface area contributed by atoms with Crippen molar-refractivity contribution < 1.29 is 4.79 Å².